The van der Waals surface area contributed by atoms with E-state index in [9.17, 15) is 14.4 Å². The SMILES string of the molecule is CC[C@@H](C)[C@H](NC(=O)COC(=O)c1ccc(C(C)C)cc1)C(=O)OC. The van der Waals surface area contributed by atoms with Crippen LogP contribution in [0, 0.1) is 5.92 Å². The van der Waals surface area contributed by atoms with Crippen LogP contribution in [0.25, 0.3) is 0 Å². The Morgan fingerprint density at radius 3 is 2.16 bits per heavy atom. The number of hydrogen-bond donors (Lipinski definition) is 1. The van der Waals surface area contributed by atoms with Gasteiger partial charge in [0.2, 0.25) is 0 Å². The standard InChI is InChI=1S/C19H27NO5/c1-6-13(4)17(19(23)24-5)20-16(21)11-25-18(22)15-9-7-14(8-10-15)12(2)3/h7-10,12-13,17H,6,11H2,1-5H3,(H,20,21)/t13-,17+/m1/s1. The molecule has 6 heteroatoms. The fourth-order valence-electron chi connectivity index (χ4n) is 2.23. The number of amides is 1. The summed E-state index contributed by atoms with van der Waals surface area (Å²) in [5.41, 5.74) is 1.49. The first kappa shape index (κ1) is 20.7. The molecule has 138 valence electrons. The molecule has 0 radical (unpaired) electrons. The molecule has 25 heavy (non-hydrogen) atoms. The number of carbonyl (C=O) groups excluding carboxylic acids is 3. The molecular formula is C19H27NO5. The molecule has 0 aliphatic carbocycles. The lowest BCUT2D eigenvalue weighted by molar-refractivity contribution is -0.147. The highest BCUT2D eigenvalue weighted by atomic mass is 16.5. The van der Waals surface area contributed by atoms with Gasteiger partial charge in [-0.3, -0.25) is 4.79 Å². The summed E-state index contributed by atoms with van der Waals surface area (Å²) in [6, 6.07) is 6.30. The molecule has 0 aliphatic heterocycles. The lowest BCUT2D eigenvalue weighted by Crippen LogP contribution is -2.47. The minimum Gasteiger partial charge on any atom is -0.467 e. The summed E-state index contributed by atoms with van der Waals surface area (Å²) < 4.78 is 9.71. The van der Waals surface area contributed by atoms with E-state index in [0.717, 1.165) is 5.56 Å². The predicted octanol–water partition coefficient (Wildman–Crippen LogP) is 2.67. The quantitative estimate of drug-likeness (QED) is 0.730. The van der Waals surface area contributed by atoms with Crippen molar-refractivity contribution in [3.05, 3.63) is 35.4 Å². The molecule has 0 bridgehead atoms. The van der Waals surface area contributed by atoms with Crippen molar-refractivity contribution in [2.24, 2.45) is 5.92 Å². The first-order valence-electron chi connectivity index (χ1n) is 8.44. The molecule has 1 N–H and O–H groups in total. The Morgan fingerprint density at radius 2 is 1.68 bits per heavy atom. The summed E-state index contributed by atoms with van der Waals surface area (Å²) in [4.78, 5) is 35.7. The monoisotopic (exact) mass is 349 g/mol. The maximum Gasteiger partial charge on any atom is 0.338 e. The second-order valence-electron chi connectivity index (χ2n) is 6.31. The first-order chi connectivity index (χ1) is 11.8. The van der Waals surface area contributed by atoms with E-state index >= 15 is 0 Å². The van der Waals surface area contributed by atoms with Gasteiger partial charge in [0, 0.05) is 0 Å². The number of rotatable bonds is 8. The normalized spacial score (nSPS) is 13.0. The third-order valence-corrected chi connectivity index (χ3v) is 4.13. The molecule has 0 fully saturated rings. The molecule has 0 spiro atoms. The van der Waals surface area contributed by atoms with Crippen molar-refractivity contribution in [2.75, 3.05) is 13.7 Å². The predicted molar refractivity (Wildman–Crippen MR) is 94.2 cm³/mol. The van der Waals surface area contributed by atoms with Crippen molar-refractivity contribution in [1.82, 2.24) is 5.32 Å². The van der Waals surface area contributed by atoms with E-state index in [0.29, 0.717) is 17.9 Å². The highest BCUT2D eigenvalue weighted by Gasteiger charge is 2.27. The van der Waals surface area contributed by atoms with Crippen LogP contribution in [0.1, 0.15) is 56.0 Å². The topological polar surface area (TPSA) is 81.7 Å². The van der Waals surface area contributed by atoms with E-state index < -0.39 is 30.5 Å². The molecule has 0 saturated heterocycles. The van der Waals surface area contributed by atoms with E-state index in [1.54, 1.807) is 12.1 Å². The van der Waals surface area contributed by atoms with Crippen LogP contribution in [0.2, 0.25) is 0 Å². The molecule has 1 amide bonds. The number of nitrogens with one attached hydrogen (secondary N) is 1. The first-order valence-corrected chi connectivity index (χ1v) is 8.44. The Bertz CT molecular complexity index is 594. The summed E-state index contributed by atoms with van der Waals surface area (Å²) >= 11 is 0. The molecule has 1 rings (SSSR count). The summed E-state index contributed by atoms with van der Waals surface area (Å²) in [5, 5.41) is 2.56. The lowest BCUT2D eigenvalue weighted by atomic mass is 9.99. The summed E-state index contributed by atoms with van der Waals surface area (Å²) in [7, 11) is 1.27. The van der Waals surface area contributed by atoms with Gasteiger partial charge in [0.25, 0.3) is 5.91 Å². The Kier molecular flexibility index (Phi) is 8.11. The average molecular weight is 349 g/mol. The van der Waals surface area contributed by atoms with Crippen LogP contribution in [0.4, 0.5) is 0 Å². The number of hydrogen-bond acceptors (Lipinski definition) is 5. The highest BCUT2D eigenvalue weighted by Crippen LogP contribution is 2.15. The van der Waals surface area contributed by atoms with Crippen molar-refractivity contribution in [3.63, 3.8) is 0 Å². The van der Waals surface area contributed by atoms with Crippen molar-refractivity contribution >= 4 is 17.8 Å². The van der Waals surface area contributed by atoms with E-state index in [4.69, 9.17) is 9.47 Å². The van der Waals surface area contributed by atoms with Gasteiger partial charge in [-0.05, 0) is 29.5 Å². The zero-order valence-corrected chi connectivity index (χ0v) is 15.5. The van der Waals surface area contributed by atoms with Crippen molar-refractivity contribution < 1.29 is 23.9 Å². The third kappa shape index (κ3) is 6.21. The van der Waals surface area contributed by atoms with Gasteiger partial charge in [-0.25, -0.2) is 9.59 Å². The number of esters is 2. The number of benzene rings is 1. The van der Waals surface area contributed by atoms with Crippen molar-refractivity contribution in [2.45, 2.75) is 46.1 Å². The van der Waals surface area contributed by atoms with Crippen molar-refractivity contribution in [3.8, 4) is 0 Å². The Hall–Kier alpha value is -2.37. The van der Waals surface area contributed by atoms with Crippen LogP contribution in [0.5, 0.6) is 0 Å². The molecule has 1 aromatic rings. The van der Waals surface area contributed by atoms with Gasteiger partial charge in [0.05, 0.1) is 12.7 Å². The highest BCUT2D eigenvalue weighted by molar-refractivity contribution is 5.92. The average Bonchev–Trinajstić information content (AvgIpc) is 2.62. The molecule has 0 saturated carbocycles. The van der Waals surface area contributed by atoms with Gasteiger partial charge in [0.1, 0.15) is 6.04 Å². The number of ether oxygens (including phenoxy) is 2. The maximum atomic E-state index is 12.0. The van der Waals surface area contributed by atoms with Gasteiger partial charge in [-0.15, -0.1) is 0 Å². The van der Waals surface area contributed by atoms with Crippen molar-refractivity contribution in [1.29, 1.82) is 0 Å². The molecule has 0 unspecified atom stereocenters. The Balaban J connectivity index is 2.59. The zero-order valence-electron chi connectivity index (χ0n) is 15.5. The number of methoxy groups -OCH3 is 1. The molecule has 2 atom stereocenters. The Morgan fingerprint density at radius 1 is 1.08 bits per heavy atom. The molecule has 0 aliphatic rings. The van der Waals surface area contributed by atoms with E-state index in [-0.39, 0.29) is 5.92 Å². The smallest absolute Gasteiger partial charge is 0.338 e. The molecule has 0 aromatic heterocycles. The minimum atomic E-state index is -0.758. The van der Waals surface area contributed by atoms with Crippen LogP contribution in [0.15, 0.2) is 24.3 Å². The third-order valence-electron chi connectivity index (χ3n) is 4.13. The van der Waals surface area contributed by atoms with E-state index in [2.05, 4.69) is 19.2 Å². The number of carbonyl (C=O) groups is 3. The molecule has 0 heterocycles. The van der Waals surface area contributed by atoms with Gasteiger partial charge in [0.15, 0.2) is 6.61 Å². The summed E-state index contributed by atoms with van der Waals surface area (Å²) in [6.07, 6.45) is 0.696. The van der Waals surface area contributed by atoms with E-state index in [1.807, 2.05) is 26.0 Å². The van der Waals surface area contributed by atoms with Crippen LogP contribution >= 0.6 is 0 Å². The van der Waals surface area contributed by atoms with Gasteiger partial charge in [-0.2, -0.15) is 0 Å². The molecule has 1 aromatic carbocycles. The lowest BCUT2D eigenvalue weighted by Gasteiger charge is -2.21. The second kappa shape index (κ2) is 9.81. The van der Waals surface area contributed by atoms with E-state index in [1.165, 1.54) is 7.11 Å². The van der Waals surface area contributed by atoms with Crippen LogP contribution in [-0.4, -0.2) is 37.6 Å². The molecule has 6 nitrogen and oxygen atoms in total. The van der Waals surface area contributed by atoms with Gasteiger partial charge in [-0.1, -0.05) is 46.2 Å². The zero-order chi connectivity index (χ0) is 19.0. The Labute approximate surface area is 148 Å². The van der Waals surface area contributed by atoms with Crippen LogP contribution in [0.3, 0.4) is 0 Å². The fourth-order valence-corrected chi connectivity index (χ4v) is 2.23. The summed E-state index contributed by atoms with van der Waals surface area (Å²) in [5.74, 6) is -1.35. The van der Waals surface area contributed by atoms with Gasteiger partial charge < -0.3 is 14.8 Å². The largest absolute Gasteiger partial charge is 0.467 e. The van der Waals surface area contributed by atoms with Crippen LogP contribution < -0.4 is 5.32 Å². The van der Waals surface area contributed by atoms with Crippen LogP contribution in [-0.2, 0) is 19.1 Å². The summed E-state index contributed by atoms with van der Waals surface area (Å²) in [6.45, 7) is 7.42. The molecular weight excluding hydrogens is 322 g/mol. The minimum absolute atomic E-state index is 0.0873. The van der Waals surface area contributed by atoms with Gasteiger partial charge >= 0.3 is 11.9 Å². The maximum absolute atomic E-state index is 12.0. The second-order valence-corrected chi connectivity index (χ2v) is 6.31. The fraction of sp³-hybridized carbons (Fsp3) is 0.526.